The zero-order valence-corrected chi connectivity index (χ0v) is 32.3. The molecule has 2 aliphatic heterocycles. The molecule has 5 rings (SSSR count). The Hall–Kier alpha value is -4.23. The van der Waals surface area contributed by atoms with Gasteiger partial charge in [-0.05, 0) is 30.9 Å². The Morgan fingerprint density at radius 2 is 1.67 bits per heavy atom. The number of pyridine rings is 1. The minimum Gasteiger partial charge on any atom is -0.387 e. The molecular weight excluding hydrogens is 816 g/mol. The number of nitrogens with two attached hydrogens (primary N) is 1. The van der Waals surface area contributed by atoms with Crippen molar-refractivity contribution in [2.24, 2.45) is 10.8 Å². The second-order valence-corrected chi connectivity index (χ2v) is 16.1. The monoisotopic (exact) mass is 860 g/mol. The van der Waals surface area contributed by atoms with Crippen LogP contribution in [0.3, 0.4) is 0 Å². The van der Waals surface area contributed by atoms with Crippen LogP contribution in [0.5, 0.6) is 0 Å². The van der Waals surface area contributed by atoms with Crippen LogP contribution in [0.1, 0.15) is 54.9 Å². The van der Waals surface area contributed by atoms with Crippen LogP contribution in [0.4, 0.5) is 5.82 Å². The third kappa shape index (κ3) is 11.7. The largest absolute Gasteiger partial charge is 0.481 e. The van der Waals surface area contributed by atoms with E-state index in [4.69, 9.17) is 29.8 Å². The Labute approximate surface area is 328 Å². The van der Waals surface area contributed by atoms with Crippen molar-refractivity contribution in [2.45, 2.75) is 81.2 Å². The molecule has 0 aliphatic carbocycles. The molecular formula is C30H44N11O15P2+. The number of fused-ring (bicyclic) bond motifs is 1. The summed E-state index contributed by atoms with van der Waals surface area (Å²) in [5.74, 6) is -0.541. The van der Waals surface area contributed by atoms with E-state index in [9.17, 15) is 48.9 Å². The smallest absolute Gasteiger partial charge is 0.387 e. The maximum Gasteiger partial charge on any atom is 0.481 e. The van der Waals surface area contributed by atoms with Gasteiger partial charge in [0.1, 0.15) is 42.4 Å². The molecule has 2 fully saturated rings. The Bertz CT molecular complexity index is 2040. The maximum absolute atomic E-state index is 12.6. The number of nitrogens with zero attached hydrogens (tertiary/aromatic N) is 8. The number of primary amides is 1. The van der Waals surface area contributed by atoms with Gasteiger partial charge in [-0.25, -0.2) is 24.1 Å². The van der Waals surface area contributed by atoms with E-state index < -0.39 is 83.8 Å². The van der Waals surface area contributed by atoms with E-state index in [0.29, 0.717) is 51.1 Å². The zero-order valence-electron chi connectivity index (χ0n) is 30.6. The van der Waals surface area contributed by atoms with E-state index in [-0.39, 0.29) is 22.6 Å². The number of rotatable bonds is 22. The van der Waals surface area contributed by atoms with Crippen molar-refractivity contribution in [1.29, 1.82) is 0 Å². The van der Waals surface area contributed by atoms with E-state index >= 15 is 0 Å². The fourth-order valence-corrected chi connectivity index (χ4v) is 8.08. The lowest BCUT2D eigenvalue weighted by atomic mass is 10.1. The molecule has 2 amide bonds. The molecule has 28 heteroatoms. The molecule has 2 saturated heterocycles. The van der Waals surface area contributed by atoms with Gasteiger partial charge in [0.25, 0.3) is 12.1 Å². The quantitative estimate of drug-likeness (QED) is 0.0149. The number of carbonyl (C=O) groups is 2. The minimum absolute atomic E-state index is 0.0598. The number of hydrogen-bond acceptors (Lipinski definition) is 18. The highest BCUT2D eigenvalue weighted by atomic mass is 31.3. The van der Waals surface area contributed by atoms with Gasteiger partial charge in [-0.2, -0.15) is 8.88 Å². The second kappa shape index (κ2) is 20.2. The van der Waals surface area contributed by atoms with Crippen LogP contribution in [0.25, 0.3) is 21.6 Å². The van der Waals surface area contributed by atoms with E-state index in [1.54, 1.807) is 0 Å². The van der Waals surface area contributed by atoms with Gasteiger partial charge in [-0.15, -0.1) is 0 Å². The summed E-state index contributed by atoms with van der Waals surface area (Å²) >= 11 is 0. The number of aliphatic hydroxyl groups excluding tert-OH is 4. The lowest BCUT2D eigenvalue weighted by molar-refractivity contribution is -0.765. The lowest BCUT2D eigenvalue weighted by Crippen LogP contribution is -2.46. The molecule has 0 saturated carbocycles. The molecule has 3 aromatic heterocycles. The molecule has 26 nitrogen and oxygen atoms in total. The zero-order chi connectivity index (χ0) is 42.0. The molecule has 5 heterocycles. The van der Waals surface area contributed by atoms with Crippen LogP contribution < -0.4 is 20.9 Å². The van der Waals surface area contributed by atoms with Gasteiger partial charge in [-0.3, -0.25) is 23.2 Å². The first-order valence-corrected chi connectivity index (χ1v) is 20.8. The summed E-state index contributed by atoms with van der Waals surface area (Å²) in [6.45, 7) is -0.654. The number of anilines is 1. The number of amides is 2. The van der Waals surface area contributed by atoms with E-state index in [1.807, 2.05) is 0 Å². The van der Waals surface area contributed by atoms with E-state index in [0.717, 1.165) is 6.42 Å². The van der Waals surface area contributed by atoms with Crippen LogP contribution in [0.2, 0.25) is 0 Å². The number of aliphatic hydroxyl groups is 4. The normalized spacial score (nSPS) is 26.4. The first kappa shape index (κ1) is 44.9. The number of imidazole rings is 1. The number of nitrogens with one attached hydrogen (secondary N) is 2. The third-order valence-electron chi connectivity index (χ3n) is 8.91. The van der Waals surface area contributed by atoms with Gasteiger partial charge in [0.05, 0.1) is 19.5 Å². The fraction of sp³-hybridized carbons (Fsp3) is 0.600. The molecule has 0 spiro atoms. The predicted octanol–water partition coefficient (Wildman–Crippen LogP) is -0.809. The number of unbranched alkanes of at least 4 members (excludes halogenated alkanes) is 2. The average molecular weight is 861 g/mol. The predicted molar refractivity (Wildman–Crippen MR) is 194 cm³/mol. The first-order valence-electron chi connectivity index (χ1n) is 17.8. The van der Waals surface area contributed by atoms with Crippen molar-refractivity contribution >= 4 is 44.4 Å². The van der Waals surface area contributed by atoms with Crippen molar-refractivity contribution in [1.82, 2.24) is 24.8 Å². The Kier molecular flexibility index (Phi) is 15.6. The number of azide groups is 1. The van der Waals surface area contributed by atoms with E-state index in [1.165, 1.54) is 46.3 Å². The van der Waals surface area contributed by atoms with Crippen molar-refractivity contribution in [2.75, 3.05) is 38.2 Å². The Morgan fingerprint density at radius 3 is 2.38 bits per heavy atom. The van der Waals surface area contributed by atoms with Crippen LogP contribution >= 0.6 is 15.6 Å². The highest BCUT2D eigenvalue weighted by Gasteiger charge is 2.50. The highest BCUT2D eigenvalue weighted by Crippen LogP contribution is 2.60. The summed E-state index contributed by atoms with van der Waals surface area (Å²) < 4.78 is 52.8. The summed E-state index contributed by atoms with van der Waals surface area (Å²) in [5, 5.41) is 51.8. The molecule has 10 N–H and O–H groups in total. The van der Waals surface area contributed by atoms with Gasteiger partial charge in [0, 0.05) is 37.0 Å². The summed E-state index contributed by atoms with van der Waals surface area (Å²) in [6, 6.07) is 2.83. The number of hydrogen-bond donors (Lipinski definition) is 9. The highest BCUT2D eigenvalue weighted by molar-refractivity contribution is 7.61. The lowest BCUT2D eigenvalue weighted by Gasteiger charge is -2.20. The van der Waals surface area contributed by atoms with Gasteiger partial charge in [-0.1, -0.05) is 11.5 Å². The van der Waals surface area contributed by atoms with Crippen LogP contribution in [-0.4, -0.2) is 131 Å². The topological polar surface area (TPSA) is 382 Å². The summed E-state index contributed by atoms with van der Waals surface area (Å²) in [4.78, 5) is 59.3. The number of carbonyl (C=O) groups excluding carboxylic acids is 2. The van der Waals surface area contributed by atoms with Crippen molar-refractivity contribution in [3.8, 4) is 0 Å². The second-order valence-electron chi connectivity index (χ2n) is 13.0. The van der Waals surface area contributed by atoms with Crippen LogP contribution in [0, 0.1) is 0 Å². The molecule has 0 radical (unpaired) electrons. The minimum atomic E-state index is -5.43. The van der Waals surface area contributed by atoms with Crippen LogP contribution in [0.15, 0.2) is 42.3 Å². The maximum atomic E-state index is 12.6. The number of phosphoric acid groups is 2. The van der Waals surface area contributed by atoms with Gasteiger partial charge >= 0.3 is 15.6 Å². The Balaban J connectivity index is 1.08. The molecule has 10 atom stereocenters. The number of ether oxygens (including phenoxy) is 2. The van der Waals surface area contributed by atoms with Gasteiger partial charge < -0.3 is 56.1 Å². The summed E-state index contributed by atoms with van der Waals surface area (Å²) in [6.07, 6.45) is -3.94. The Morgan fingerprint density at radius 1 is 0.966 bits per heavy atom. The number of phosphoric ester groups is 2. The molecule has 58 heavy (non-hydrogen) atoms. The summed E-state index contributed by atoms with van der Waals surface area (Å²) in [7, 11) is -10.8. The van der Waals surface area contributed by atoms with Crippen LogP contribution in [-0.2, 0) is 36.8 Å². The van der Waals surface area contributed by atoms with Crippen molar-refractivity contribution < 1.29 is 76.3 Å². The molecule has 2 aliphatic rings. The van der Waals surface area contributed by atoms with Crippen molar-refractivity contribution in [3.05, 3.63) is 53.2 Å². The molecule has 2 unspecified atom stereocenters. The number of aromatic nitrogens is 5. The van der Waals surface area contributed by atoms with Crippen molar-refractivity contribution in [3.63, 3.8) is 0 Å². The molecule has 3 aromatic rings. The summed E-state index contributed by atoms with van der Waals surface area (Å²) in [5.41, 5.74) is 14.1. The third-order valence-corrected chi connectivity index (χ3v) is 11.5. The van der Waals surface area contributed by atoms with Gasteiger partial charge in [0.15, 0.2) is 41.7 Å². The molecule has 0 bridgehead atoms. The molecule has 0 aromatic carbocycles. The van der Waals surface area contributed by atoms with E-state index in [2.05, 4.69) is 39.9 Å². The molecule has 318 valence electrons. The standard InChI is InChI=1S/C30H43N11O15P2/c31-26(47)17-6-4-11-40(12-17)29-24(45)22(43)18(54-29)13-52-57(48,49)56-58(50,51)53-14-19-23(44)25(46)30(55-19)41-16-37-21-27(35-15-36-28(21)41)34-9-5-8-33-20(42)7-2-1-3-10-38-39-32/h4,6,11-12,15-16,18-19,22-25,29-30,43-46H,1-3,5,7-10,13-14H2,(H5-,31,33,34,35,36,42,47,48,49,50,51)/p+1/t18-,19-,22-,23-,24-,25-,29-,30-/m1/s1. The SMILES string of the molecule is [N-]=[N+]=NCCCCCC(=O)NCCCNc1ncnc2c1ncn2[C@@H]1O[C@H](COP(=O)(O)OP(=O)(O)OC[C@H]2O[C@@H]([n+]3cccc(C(N)=O)c3)[C@H](O)[C@@H]2O)[C@@H](O)[C@H]1O. The first-order chi connectivity index (χ1) is 27.6. The average Bonchev–Trinajstić information content (AvgIpc) is 3.83. The fourth-order valence-electron chi connectivity index (χ4n) is 5.99. The van der Waals surface area contributed by atoms with Gasteiger partial charge in [0.2, 0.25) is 5.91 Å².